The molecule has 3 heteroatoms. The number of hydrogen-bond donors (Lipinski definition) is 0. The maximum atomic E-state index is 10.7. The fraction of sp³-hybridized carbons (Fsp3) is 0.200. The lowest BCUT2D eigenvalue weighted by Gasteiger charge is -1.98. The molecular weight excluding hydrogens is 166 g/mol. The summed E-state index contributed by atoms with van der Waals surface area (Å²) in [5.74, 6) is 0. The molecule has 0 radical (unpaired) electrons. The lowest BCUT2D eigenvalue weighted by atomic mass is 10.1. The average Bonchev–Trinajstić information content (AvgIpc) is 2.52. The van der Waals surface area contributed by atoms with Gasteiger partial charge in [0.1, 0.15) is 6.61 Å². The van der Waals surface area contributed by atoms with E-state index in [0.717, 1.165) is 11.1 Å². The number of amides is 1. The molecule has 0 saturated carbocycles. The lowest BCUT2D eigenvalue weighted by Crippen LogP contribution is -2.02. The maximum absolute atomic E-state index is 10.7. The van der Waals surface area contributed by atoms with E-state index in [2.05, 4.69) is 4.99 Å². The second-order valence-electron chi connectivity index (χ2n) is 2.98. The molecule has 0 fully saturated rings. The van der Waals surface area contributed by atoms with Crippen LogP contribution in [-0.2, 0) is 4.74 Å². The van der Waals surface area contributed by atoms with Gasteiger partial charge in [0.2, 0.25) is 0 Å². The van der Waals surface area contributed by atoms with E-state index in [1.165, 1.54) is 0 Å². The van der Waals surface area contributed by atoms with Gasteiger partial charge in [-0.1, -0.05) is 29.8 Å². The van der Waals surface area contributed by atoms with Crippen LogP contribution >= 0.6 is 0 Å². The minimum atomic E-state index is -0.489. The Morgan fingerprint density at radius 2 is 2.31 bits per heavy atom. The Balaban J connectivity index is 2.36. The molecule has 1 aromatic carbocycles. The number of carbonyl (C=O) groups is 1. The SMILES string of the molecule is Cc1cccc(C2=NC(=O)OC2)c1. The van der Waals surface area contributed by atoms with Crippen LogP contribution < -0.4 is 0 Å². The number of aryl methyl sites for hydroxylation is 1. The van der Waals surface area contributed by atoms with Crippen LogP contribution in [0.5, 0.6) is 0 Å². The van der Waals surface area contributed by atoms with Crippen LogP contribution in [-0.4, -0.2) is 18.4 Å². The molecule has 0 unspecified atom stereocenters. The number of cyclic esters (lactones) is 1. The number of aliphatic imine (C=N–C) groups is 1. The quantitative estimate of drug-likeness (QED) is 0.654. The zero-order chi connectivity index (χ0) is 9.26. The lowest BCUT2D eigenvalue weighted by molar-refractivity contribution is 0.181. The summed E-state index contributed by atoms with van der Waals surface area (Å²) in [6.45, 7) is 2.30. The number of carbonyl (C=O) groups excluding carboxylic acids is 1. The van der Waals surface area contributed by atoms with Crippen LogP contribution in [0.3, 0.4) is 0 Å². The average molecular weight is 175 g/mol. The highest BCUT2D eigenvalue weighted by Gasteiger charge is 2.15. The predicted octanol–water partition coefficient (Wildman–Crippen LogP) is 1.93. The van der Waals surface area contributed by atoms with Gasteiger partial charge in [-0.05, 0) is 12.5 Å². The summed E-state index contributed by atoms with van der Waals surface area (Å²) < 4.78 is 4.72. The van der Waals surface area contributed by atoms with E-state index < -0.39 is 6.09 Å². The monoisotopic (exact) mass is 175 g/mol. The first-order chi connectivity index (χ1) is 6.25. The van der Waals surface area contributed by atoms with E-state index >= 15 is 0 Å². The molecule has 13 heavy (non-hydrogen) atoms. The highest BCUT2D eigenvalue weighted by atomic mass is 16.6. The Morgan fingerprint density at radius 3 is 2.92 bits per heavy atom. The molecular formula is C10H9NO2. The van der Waals surface area contributed by atoms with Crippen LogP contribution in [0.4, 0.5) is 4.79 Å². The van der Waals surface area contributed by atoms with Crippen molar-refractivity contribution < 1.29 is 9.53 Å². The van der Waals surface area contributed by atoms with Gasteiger partial charge >= 0.3 is 6.09 Å². The molecule has 0 N–H and O–H groups in total. The van der Waals surface area contributed by atoms with Crippen LogP contribution in [0.1, 0.15) is 11.1 Å². The number of rotatable bonds is 1. The first-order valence-corrected chi connectivity index (χ1v) is 4.07. The molecule has 1 heterocycles. The Kier molecular flexibility index (Phi) is 1.85. The molecule has 0 aliphatic carbocycles. The van der Waals surface area contributed by atoms with E-state index in [1.54, 1.807) is 0 Å². The van der Waals surface area contributed by atoms with Crippen LogP contribution in [0, 0.1) is 6.92 Å². The molecule has 66 valence electrons. The molecule has 2 rings (SSSR count). The minimum absolute atomic E-state index is 0.294. The smallest absolute Gasteiger partial charge is 0.434 e. The van der Waals surface area contributed by atoms with Crippen molar-refractivity contribution in [3.63, 3.8) is 0 Å². The molecule has 0 spiro atoms. The van der Waals surface area contributed by atoms with Gasteiger partial charge in [0.05, 0.1) is 5.71 Å². The Morgan fingerprint density at radius 1 is 1.46 bits per heavy atom. The van der Waals surface area contributed by atoms with E-state index in [1.807, 2.05) is 31.2 Å². The molecule has 1 aliphatic rings. The second kappa shape index (κ2) is 3.01. The minimum Gasteiger partial charge on any atom is -0.441 e. The van der Waals surface area contributed by atoms with Gasteiger partial charge in [-0.15, -0.1) is 0 Å². The standard InChI is InChI=1S/C10H9NO2/c1-7-3-2-4-8(5-7)9-6-13-10(12)11-9/h2-5H,6H2,1H3. The largest absolute Gasteiger partial charge is 0.441 e. The summed E-state index contributed by atoms with van der Waals surface area (Å²) in [5.41, 5.74) is 2.83. The summed E-state index contributed by atoms with van der Waals surface area (Å²) in [6, 6.07) is 7.85. The van der Waals surface area contributed by atoms with Crippen molar-refractivity contribution in [3.05, 3.63) is 35.4 Å². The van der Waals surface area contributed by atoms with Crippen LogP contribution in [0.15, 0.2) is 29.3 Å². The fourth-order valence-electron chi connectivity index (χ4n) is 1.28. The molecule has 0 bridgehead atoms. The highest BCUT2D eigenvalue weighted by molar-refractivity contribution is 6.09. The number of hydrogen-bond acceptors (Lipinski definition) is 2. The molecule has 1 aromatic rings. The van der Waals surface area contributed by atoms with Gasteiger partial charge in [0.15, 0.2) is 0 Å². The third-order valence-electron chi connectivity index (χ3n) is 1.91. The molecule has 1 amide bonds. The Hall–Kier alpha value is -1.64. The third-order valence-corrected chi connectivity index (χ3v) is 1.91. The van der Waals surface area contributed by atoms with Gasteiger partial charge < -0.3 is 4.74 Å². The summed E-state index contributed by atoms with van der Waals surface area (Å²) >= 11 is 0. The molecule has 0 saturated heterocycles. The van der Waals surface area contributed by atoms with Crippen molar-refractivity contribution in [1.82, 2.24) is 0 Å². The van der Waals surface area contributed by atoms with E-state index in [9.17, 15) is 4.79 Å². The van der Waals surface area contributed by atoms with Gasteiger partial charge in [-0.3, -0.25) is 0 Å². The number of ether oxygens (including phenoxy) is 1. The Bertz CT molecular complexity index is 382. The number of benzene rings is 1. The topological polar surface area (TPSA) is 38.7 Å². The summed E-state index contributed by atoms with van der Waals surface area (Å²) in [7, 11) is 0. The van der Waals surface area contributed by atoms with Gasteiger partial charge in [0, 0.05) is 0 Å². The zero-order valence-corrected chi connectivity index (χ0v) is 7.28. The zero-order valence-electron chi connectivity index (χ0n) is 7.28. The number of nitrogens with zero attached hydrogens (tertiary/aromatic N) is 1. The predicted molar refractivity (Wildman–Crippen MR) is 49.1 cm³/mol. The second-order valence-corrected chi connectivity index (χ2v) is 2.98. The molecule has 0 aromatic heterocycles. The maximum Gasteiger partial charge on any atom is 0.434 e. The van der Waals surface area contributed by atoms with Gasteiger partial charge in [0.25, 0.3) is 0 Å². The van der Waals surface area contributed by atoms with E-state index in [0.29, 0.717) is 12.3 Å². The first-order valence-electron chi connectivity index (χ1n) is 4.07. The van der Waals surface area contributed by atoms with Gasteiger partial charge in [-0.2, -0.15) is 4.99 Å². The van der Waals surface area contributed by atoms with E-state index in [4.69, 9.17) is 4.74 Å². The van der Waals surface area contributed by atoms with Crippen molar-refractivity contribution in [1.29, 1.82) is 0 Å². The van der Waals surface area contributed by atoms with Crippen molar-refractivity contribution in [2.45, 2.75) is 6.92 Å². The summed E-state index contributed by atoms with van der Waals surface area (Å²) in [4.78, 5) is 14.5. The van der Waals surface area contributed by atoms with Crippen LogP contribution in [0.25, 0.3) is 0 Å². The summed E-state index contributed by atoms with van der Waals surface area (Å²) in [5, 5.41) is 0. The normalized spacial score (nSPS) is 15.5. The van der Waals surface area contributed by atoms with Crippen molar-refractivity contribution >= 4 is 11.8 Å². The molecule has 0 atom stereocenters. The van der Waals surface area contributed by atoms with E-state index in [-0.39, 0.29) is 0 Å². The third kappa shape index (κ3) is 1.59. The molecule has 1 aliphatic heterocycles. The van der Waals surface area contributed by atoms with Crippen molar-refractivity contribution in [2.24, 2.45) is 4.99 Å². The molecule has 3 nitrogen and oxygen atoms in total. The summed E-state index contributed by atoms with van der Waals surface area (Å²) in [6.07, 6.45) is -0.489. The Labute approximate surface area is 76.1 Å². The first kappa shape index (κ1) is 7.98. The van der Waals surface area contributed by atoms with Crippen molar-refractivity contribution in [2.75, 3.05) is 6.61 Å². The van der Waals surface area contributed by atoms with Crippen LogP contribution in [0.2, 0.25) is 0 Å². The van der Waals surface area contributed by atoms with Gasteiger partial charge in [-0.25, -0.2) is 4.79 Å². The van der Waals surface area contributed by atoms with Crippen molar-refractivity contribution in [3.8, 4) is 0 Å². The highest BCUT2D eigenvalue weighted by Crippen LogP contribution is 2.10. The fourth-order valence-corrected chi connectivity index (χ4v) is 1.28.